The Morgan fingerprint density at radius 3 is 2.21 bits per heavy atom. The van der Waals surface area contributed by atoms with Gasteiger partial charge in [-0.2, -0.15) is 5.10 Å². The summed E-state index contributed by atoms with van der Waals surface area (Å²) in [5, 5.41) is 22.4. The van der Waals surface area contributed by atoms with Gasteiger partial charge in [-0.15, -0.1) is 10.2 Å². The number of anilines is 1. The molecule has 0 aliphatic heterocycles. The number of hydrogen-bond acceptors (Lipinski definition) is 4. The number of nitrogens with one attached hydrogen (secondary N) is 1. The van der Waals surface area contributed by atoms with E-state index in [4.69, 9.17) is 0 Å². The lowest BCUT2D eigenvalue weighted by Gasteiger charge is -2.04. The van der Waals surface area contributed by atoms with E-state index in [2.05, 4.69) is 20.8 Å². The van der Waals surface area contributed by atoms with Gasteiger partial charge in [-0.3, -0.25) is 5.43 Å². The zero-order chi connectivity index (χ0) is 16.6. The van der Waals surface area contributed by atoms with Crippen LogP contribution >= 0.6 is 0 Å². The van der Waals surface area contributed by atoms with Crippen LogP contribution in [-0.2, 0) is 0 Å². The molecule has 0 heterocycles. The average Bonchev–Trinajstić information content (AvgIpc) is 2.63. The van der Waals surface area contributed by atoms with Gasteiger partial charge in [0.15, 0.2) is 0 Å². The first-order valence-corrected chi connectivity index (χ1v) is 7.46. The van der Waals surface area contributed by atoms with Crippen LogP contribution in [0.1, 0.15) is 5.56 Å². The highest BCUT2D eigenvalue weighted by atomic mass is 16.3. The van der Waals surface area contributed by atoms with Crippen molar-refractivity contribution in [3.05, 3.63) is 90.5 Å². The van der Waals surface area contributed by atoms with Crippen molar-refractivity contribution in [3.63, 3.8) is 0 Å². The first-order valence-electron chi connectivity index (χ1n) is 7.46. The van der Waals surface area contributed by atoms with Crippen molar-refractivity contribution < 1.29 is 5.11 Å². The Morgan fingerprint density at radius 2 is 1.50 bits per heavy atom. The molecule has 0 amide bonds. The molecule has 0 aliphatic carbocycles. The fraction of sp³-hybridized carbons (Fsp3) is 0. The number of azo groups is 1. The summed E-state index contributed by atoms with van der Waals surface area (Å²) in [5.41, 5.74) is 5.18. The molecule has 0 spiro atoms. The largest absolute Gasteiger partial charge is 0.508 e. The number of hydrazone groups is 1. The summed E-state index contributed by atoms with van der Waals surface area (Å²) >= 11 is 0. The van der Waals surface area contributed by atoms with Crippen LogP contribution in [-0.4, -0.2) is 10.9 Å². The van der Waals surface area contributed by atoms with E-state index < -0.39 is 0 Å². The number of benzene rings is 3. The van der Waals surface area contributed by atoms with Gasteiger partial charge in [0.25, 0.3) is 0 Å². The normalized spacial score (nSPS) is 11.6. The molecule has 3 rings (SSSR count). The summed E-state index contributed by atoms with van der Waals surface area (Å²) in [5.74, 6) is 0.522. The minimum Gasteiger partial charge on any atom is -0.508 e. The minimum atomic E-state index is 0.148. The van der Waals surface area contributed by atoms with E-state index in [1.54, 1.807) is 18.2 Å². The molecule has 24 heavy (non-hydrogen) atoms. The monoisotopic (exact) mass is 316 g/mol. The lowest BCUT2D eigenvalue weighted by Crippen LogP contribution is -2.01. The van der Waals surface area contributed by atoms with Gasteiger partial charge in [0.1, 0.15) is 5.75 Å². The van der Waals surface area contributed by atoms with Crippen LogP contribution in [0, 0.1) is 0 Å². The number of aromatic hydroxyl groups is 1. The van der Waals surface area contributed by atoms with E-state index in [0.717, 1.165) is 11.4 Å². The van der Waals surface area contributed by atoms with Crippen molar-refractivity contribution in [2.45, 2.75) is 0 Å². The third-order valence-corrected chi connectivity index (χ3v) is 3.19. The maximum absolute atomic E-state index is 9.68. The molecule has 3 aromatic carbocycles. The molecule has 0 radical (unpaired) electrons. The zero-order valence-corrected chi connectivity index (χ0v) is 12.9. The van der Waals surface area contributed by atoms with Crippen LogP contribution in [0.2, 0.25) is 0 Å². The molecular formula is C19H16N4O. The molecule has 0 saturated carbocycles. The number of para-hydroxylation sites is 1. The second-order valence-electron chi connectivity index (χ2n) is 5.00. The molecule has 0 aromatic heterocycles. The summed E-state index contributed by atoms with van der Waals surface area (Å²) < 4.78 is 0. The van der Waals surface area contributed by atoms with Gasteiger partial charge in [0.05, 0.1) is 11.4 Å². The SMILES string of the molecule is Oc1cccc(/C(N=Nc2ccccc2)=N\Nc2ccccc2)c1. The topological polar surface area (TPSA) is 69.3 Å². The number of hydrogen-bond donors (Lipinski definition) is 2. The molecule has 2 N–H and O–H groups in total. The second-order valence-corrected chi connectivity index (χ2v) is 5.00. The molecule has 0 aliphatic rings. The molecule has 3 aromatic rings. The van der Waals surface area contributed by atoms with Crippen molar-refractivity contribution in [3.8, 4) is 5.75 Å². The van der Waals surface area contributed by atoms with E-state index >= 15 is 0 Å². The van der Waals surface area contributed by atoms with Crippen molar-refractivity contribution in [2.75, 3.05) is 5.43 Å². The van der Waals surface area contributed by atoms with Crippen LogP contribution in [0.3, 0.4) is 0 Å². The lowest BCUT2D eigenvalue weighted by molar-refractivity contribution is 0.475. The molecule has 118 valence electrons. The van der Waals surface area contributed by atoms with Crippen molar-refractivity contribution in [1.29, 1.82) is 0 Å². The van der Waals surface area contributed by atoms with Gasteiger partial charge in [0, 0.05) is 5.56 Å². The smallest absolute Gasteiger partial charge is 0.201 e. The Kier molecular flexibility index (Phi) is 4.94. The van der Waals surface area contributed by atoms with Gasteiger partial charge < -0.3 is 5.11 Å². The Balaban J connectivity index is 1.90. The predicted molar refractivity (Wildman–Crippen MR) is 95.7 cm³/mol. The molecule has 0 fully saturated rings. The molecule has 0 saturated heterocycles. The Morgan fingerprint density at radius 1 is 0.792 bits per heavy atom. The van der Waals surface area contributed by atoms with E-state index in [-0.39, 0.29) is 5.75 Å². The number of rotatable bonds is 4. The second kappa shape index (κ2) is 7.69. The van der Waals surface area contributed by atoms with Gasteiger partial charge >= 0.3 is 0 Å². The molecular weight excluding hydrogens is 300 g/mol. The maximum Gasteiger partial charge on any atom is 0.201 e. The zero-order valence-electron chi connectivity index (χ0n) is 12.9. The van der Waals surface area contributed by atoms with E-state index in [1.165, 1.54) is 0 Å². The Hall–Kier alpha value is -3.47. The molecule has 5 nitrogen and oxygen atoms in total. The first kappa shape index (κ1) is 15.4. The fourth-order valence-electron chi connectivity index (χ4n) is 2.02. The van der Waals surface area contributed by atoms with Gasteiger partial charge in [-0.1, -0.05) is 48.5 Å². The van der Waals surface area contributed by atoms with E-state index in [1.807, 2.05) is 66.7 Å². The van der Waals surface area contributed by atoms with Gasteiger partial charge in [-0.25, -0.2) is 0 Å². The van der Waals surface area contributed by atoms with Gasteiger partial charge in [0.2, 0.25) is 5.84 Å². The Labute approximate surface area is 140 Å². The third-order valence-electron chi connectivity index (χ3n) is 3.19. The number of phenolic OH excluding ortho intramolecular Hbond substituents is 1. The summed E-state index contributed by atoms with van der Waals surface area (Å²) in [6.07, 6.45) is 0. The summed E-state index contributed by atoms with van der Waals surface area (Å²) in [7, 11) is 0. The van der Waals surface area contributed by atoms with Crippen LogP contribution in [0.15, 0.2) is 100 Å². The lowest BCUT2D eigenvalue weighted by atomic mass is 10.2. The summed E-state index contributed by atoms with van der Waals surface area (Å²) in [4.78, 5) is 0. The minimum absolute atomic E-state index is 0.148. The maximum atomic E-state index is 9.68. The summed E-state index contributed by atoms with van der Waals surface area (Å²) in [6, 6.07) is 25.7. The highest BCUT2D eigenvalue weighted by Gasteiger charge is 2.04. The summed E-state index contributed by atoms with van der Waals surface area (Å²) in [6.45, 7) is 0. The molecule has 5 heteroatoms. The van der Waals surface area contributed by atoms with E-state index in [9.17, 15) is 5.11 Å². The molecule has 0 unspecified atom stereocenters. The standard InChI is InChI=1S/C19H16N4O/c24-18-13-7-8-15(14-18)19(22-20-16-9-3-1-4-10-16)23-21-17-11-5-2-6-12-17/h1-14,20,24H/b22-19+,23-21?. The fourth-order valence-corrected chi connectivity index (χ4v) is 2.02. The highest BCUT2D eigenvalue weighted by Crippen LogP contribution is 2.16. The molecule has 0 bridgehead atoms. The van der Waals surface area contributed by atoms with Crippen LogP contribution in [0.4, 0.5) is 11.4 Å². The van der Waals surface area contributed by atoms with Crippen LogP contribution in [0.25, 0.3) is 0 Å². The van der Waals surface area contributed by atoms with Crippen LogP contribution < -0.4 is 5.43 Å². The highest BCUT2D eigenvalue weighted by molar-refractivity contribution is 6.00. The molecule has 0 atom stereocenters. The Bertz CT molecular complexity index is 846. The van der Waals surface area contributed by atoms with Crippen molar-refractivity contribution in [2.24, 2.45) is 15.3 Å². The van der Waals surface area contributed by atoms with E-state index in [0.29, 0.717) is 11.4 Å². The first-order chi connectivity index (χ1) is 11.8. The van der Waals surface area contributed by atoms with Crippen molar-refractivity contribution in [1.82, 2.24) is 0 Å². The van der Waals surface area contributed by atoms with Crippen LogP contribution in [0.5, 0.6) is 5.75 Å². The van der Waals surface area contributed by atoms with Gasteiger partial charge in [-0.05, 0) is 36.4 Å². The predicted octanol–water partition coefficient (Wildman–Crippen LogP) is 4.95. The quantitative estimate of drug-likeness (QED) is 0.309. The number of phenols is 1. The average molecular weight is 316 g/mol. The number of amidine groups is 1. The van der Waals surface area contributed by atoms with Crippen molar-refractivity contribution >= 4 is 17.2 Å². The third kappa shape index (κ3) is 4.27. The number of nitrogens with zero attached hydrogens (tertiary/aromatic N) is 3.